The van der Waals surface area contributed by atoms with Crippen molar-refractivity contribution in [3.8, 4) is 0 Å². The molecule has 18 heavy (non-hydrogen) atoms. The normalized spacial score (nSPS) is 15.9. The summed E-state index contributed by atoms with van der Waals surface area (Å²) in [6, 6.07) is 4.77. The largest absolute Gasteiger partial charge is 0.409 e. The molecule has 0 spiro atoms. The molecule has 0 heterocycles. The minimum absolute atomic E-state index is 0.0980. The van der Waals surface area contributed by atoms with Gasteiger partial charge in [0, 0.05) is 12.2 Å². The second-order valence-electron chi connectivity index (χ2n) is 4.55. The number of ether oxygens (including phenoxy) is 1. The van der Waals surface area contributed by atoms with Crippen molar-refractivity contribution in [1.82, 2.24) is 0 Å². The number of oxime groups is 1. The van der Waals surface area contributed by atoms with Crippen LogP contribution in [-0.4, -0.2) is 17.6 Å². The van der Waals surface area contributed by atoms with E-state index >= 15 is 0 Å². The standard InChI is InChI=1S/C13H17FN2O2/c14-12-10(8-18-7-6-9-4-5-9)2-1-3-11(12)13(15)16-17/h1-3,9,17H,4-8H2,(H2,15,16). The molecule has 5 heteroatoms. The molecular weight excluding hydrogens is 235 g/mol. The van der Waals surface area contributed by atoms with Gasteiger partial charge in [0.1, 0.15) is 5.82 Å². The number of halogens is 1. The number of nitrogens with zero attached hydrogens (tertiary/aromatic N) is 1. The number of hydrogen-bond donors (Lipinski definition) is 2. The summed E-state index contributed by atoms with van der Waals surface area (Å²) < 4.78 is 19.4. The maximum atomic E-state index is 14.0. The van der Waals surface area contributed by atoms with Crippen LogP contribution in [0, 0.1) is 11.7 Å². The Balaban J connectivity index is 1.94. The highest BCUT2D eigenvalue weighted by Crippen LogP contribution is 2.32. The van der Waals surface area contributed by atoms with Crippen molar-refractivity contribution < 1.29 is 14.3 Å². The molecule has 1 aromatic carbocycles. The molecule has 1 aliphatic rings. The lowest BCUT2D eigenvalue weighted by Gasteiger charge is -2.08. The molecule has 1 aromatic rings. The van der Waals surface area contributed by atoms with E-state index in [4.69, 9.17) is 15.7 Å². The molecule has 4 nitrogen and oxygen atoms in total. The summed E-state index contributed by atoms with van der Waals surface area (Å²) in [6.07, 6.45) is 3.62. The molecule has 0 bridgehead atoms. The molecule has 0 amide bonds. The van der Waals surface area contributed by atoms with Crippen LogP contribution in [0.5, 0.6) is 0 Å². The fraction of sp³-hybridized carbons (Fsp3) is 0.462. The van der Waals surface area contributed by atoms with E-state index in [2.05, 4.69) is 5.16 Å². The minimum atomic E-state index is -0.487. The Kier molecular flexibility index (Phi) is 4.15. The molecule has 0 unspecified atom stereocenters. The highest BCUT2D eigenvalue weighted by molar-refractivity contribution is 5.97. The van der Waals surface area contributed by atoms with E-state index in [-0.39, 0.29) is 18.0 Å². The number of benzene rings is 1. The first kappa shape index (κ1) is 12.8. The second-order valence-corrected chi connectivity index (χ2v) is 4.55. The maximum Gasteiger partial charge on any atom is 0.173 e. The number of nitrogens with two attached hydrogens (primary N) is 1. The van der Waals surface area contributed by atoms with Crippen LogP contribution < -0.4 is 5.73 Å². The number of rotatable bonds is 6. The Labute approximate surface area is 105 Å². The molecule has 1 aliphatic carbocycles. The van der Waals surface area contributed by atoms with Crippen LogP contribution in [-0.2, 0) is 11.3 Å². The van der Waals surface area contributed by atoms with Crippen LogP contribution in [0.25, 0.3) is 0 Å². The average Bonchev–Trinajstić information content (AvgIpc) is 3.19. The van der Waals surface area contributed by atoms with Gasteiger partial charge in [-0.15, -0.1) is 0 Å². The van der Waals surface area contributed by atoms with Gasteiger partial charge in [0.15, 0.2) is 5.84 Å². The first-order chi connectivity index (χ1) is 8.72. The second kappa shape index (κ2) is 5.82. The van der Waals surface area contributed by atoms with Crippen LogP contribution in [0.15, 0.2) is 23.4 Å². The summed E-state index contributed by atoms with van der Waals surface area (Å²) in [5, 5.41) is 11.4. The molecule has 3 N–H and O–H groups in total. The Morgan fingerprint density at radius 1 is 1.50 bits per heavy atom. The van der Waals surface area contributed by atoms with Crippen LogP contribution in [0.1, 0.15) is 30.4 Å². The van der Waals surface area contributed by atoms with Crippen LogP contribution >= 0.6 is 0 Å². The van der Waals surface area contributed by atoms with Gasteiger partial charge in [0.2, 0.25) is 0 Å². The van der Waals surface area contributed by atoms with Gasteiger partial charge < -0.3 is 15.7 Å². The zero-order valence-corrected chi connectivity index (χ0v) is 10.1. The van der Waals surface area contributed by atoms with Crippen LogP contribution in [0.3, 0.4) is 0 Å². The van der Waals surface area contributed by atoms with Gasteiger partial charge in [-0.1, -0.05) is 30.1 Å². The Morgan fingerprint density at radius 3 is 2.94 bits per heavy atom. The first-order valence-corrected chi connectivity index (χ1v) is 6.05. The molecular formula is C13H17FN2O2. The lowest BCUT2D eigenvalue weighted by atomic mass is 10.1. The highest BCUT2D eigenvalue weighted by atomic mass is 19.1. The van der Waals surface area contributed by atoms with Crippen molar-refractivity contribution in [2.24, 2.45) is 16.8 Å². The van der Waals surface area contributed by atoms with E-state index < -0.39 is 5.82 Å². The summed E-state index contributed by atoms with van der Waals surface area (Å²) in [6.45, 7) is 0.864. The highest BCUT2D eigenvalue weighted by Gasteiger charge is 2.20. The SMILES string of the molecule is N/C(=N/O)c1cccc(COCCC2CC2)c1F. The summed E-state index contributed by atoms with van der Waals surface area (Å²) in [5.74, 6) is 0.0879. The monoisotopic (exact) mass is 252 g/mol. The lowest BCUT2D eigenvalue weighted by Crippen LogP contribution is -2.16. The Morgan fingerprint density at radius 2 is 2.28 bits per heavy atom. The quantitative estimate of drug-likeness (QED) is 0.268. The van der Waals surface area contributed by atoms with Crippen LogP contribution in [0.4, 0.5) is 4.39 Å². The summed E-state index contributed by atoms with van der Waals surface area (Å²) >= 11 is 0. The molecule has 1 fully saturated rings. The van der Waals surface area contributed by atoms with E-state index in [1.165, 1.54) is 18.9 Å². The van der Waals surface area contributed by atoms with Crippen molar-refractivity contribution in [1.29, 1.82) is 0 Å². The molecule has 0 radical (unpaired) electrons. The predicted molar refractivity (Wildman–Crippen MR) is 65.9 cm³/mol. The number of hydrogen-bond acceptors (Lipinski definition) is 3. The molecule has 0 saturated heterocycles. The third kappa shape index (κ3) is 3.20. The van der Waals surface area contributed by atoms with Gasteiger partial charge in [0.25, 0.3) is 0 Å². The number of amidine groups is 1. The third-order valence-electron chi connectivity index (χ3n) is 3.09. The first-order valence-electron chi connectivity index (χ1n) is 6.05. The molecule has 0 aromatic heterocycles. The Hall–Kier alpha value is -1.62. The summed E-state index contributed by atoms with van der Waals surface area (Å²) in [4.78, 5) is 0. The van der Waals surface area contributed by atoms with Crippen molar-refractivity contribution in [2.45, 2.75) is 25.9 Å². The van der Waals surface area contributed by atoms with Gasteiger partial charge >= 0.3 is 0 Å². The van der Waals surface area contributed by atoms with E-state index in [1.54, 1.807) is 12.1 Å². The van der Waals surface area contributed by atoms with Gasteiger partial charge in [-0.25, -0.2) is 4.39 Å². The average molecular weight is 252 g/mol. The molecule has 2 rings (SSSR count). The fourth-order valence-electron chi connectivity index (χ4n) is 1.78. The van der Waals surface area contributed by atoms with Crippen molar-refractivity contribution in [2.75, 3.05) is 6.61 Å². The van der Waals surface area contributed by atoms with E-state index in [0.29, 0.717) is 12.2 Å². The fourth-order valence-corrected chi connectivity index (χ4v) is 1.78. The Bertz CT molecular complexity index is 445. The lowest BCUT2D eigenvalue weighted by molar-refractivity contribution is 0.113. The molecule has 1 saturated carbocycles. The third-order valence-corrected chi connectivity index (χ3v) is 3.09. The smallest absolute Gasteiger partial charge is 0.173 e. The topological polar surface area (TPSA) is 67.8 Å². The van der Waals surface area contributed by atoms with Crippen molar-refractivity contribution in [3.63, 3.8) is 0 Å². The summed E-state index contributed by atoms with van der Waals surface area (Å²) in [7, 11) is 0. The van der Waals surface area contributed by atoms with Crippen LogP contribution in [0.2, 0.25) is 0 Å². The zero-order chi connectivity index (χ0) is 13.0. The van der Waals surface area contributed by atoms with Crippen molar-refractivity contribution >= 4 is 5.84 Å². The predicted octanol–water partition coefficient (Wildman–Crippen LogP) is 2.24. The van der Waals surface area contributed by atoms with Gasteiger partial charge in [-0.05, 0) is 18.4 Å². The maximum absolute atomic E-state index is 14.0. The van der Waals surface area contributed by atoms with E-state index in [9.17, 15) is 4.39 Å². The summed E-state index contributed by atoms with van der Waals surface area (Å²) in [5.41, 5.74) is 5.91. The van der Waals surface area contributed by atoms with E-state index in [0.717, 1.165) is 12.3 Å². The van der Waals surface area contributed by atoms with Gasteiger partial charge in [-0.3, -0.25) is 0 Å². The molecule has 0 atom stereocenters. The van der Waals surface area contributed by atoms with Gasteiger partial charge in [-0.2, -0.15) is 0 Å². The molecule has 0 aliphatic heterocycles. The van der Waals surface area contributed by atoms with Crippen molar-refractivity contribution in [3.05, 3.63) is 35.1 Å². The van der Waals surface area contributed by atoms with E-state index in [1.807, 2.05) is 0 Å². The minimum Gasteiger partial charge on any atom is -0.409 e. The zero-order valence-electron chi connectivity index (χ0n) is 10.1. The van der Waals surface area contributed by atoms with Gasteiger partial charge in [0.05, 0.1) is 12.2 Å². The molecule has 98 valence electrons.